The van der Waals surface area contributed by atoms with Crippen LogP contribution in [0.4, 0.5) is 5.69 Å². The molecule has 7 nitrogen and oxygen atoms in total. The van der Waals surface area contributed by atoms with Gasteiger partial charge in [-0.2, -0.15) is 0 Å². The van der Waals surface area contributed by atoms with Gasteiger partial charge in [-0.3, -0.25) is 4.79 Å². The Hall–Kier alpha value is -2.42. The molecule has 2 rings (SSSR count). The number of benzene rings is 2. The van der Waals surface area contributed by atoms with Crippen LogP contribution in [0.2, 0.25) is 0 Å². The van der Waals surface area contributed by atoms with Crippen molar-refractivity contribution in [2.24, 2.45) is 0 Å². The standard InChI is InChI=1S/C24H34N2O5S/c1-4-31-22(27)16-7-5-6-10-17-26-23(18-12-8-9-15-21(18)32(28)29)19-13-11-14-20(30-3)24(19)25-2/h8-9,11-15,23,25-26H,4-7,10,16-17H2,1-3H3,(H,28,29). The van der Waals surface area contributed by atoms with Gasteiger partial charge in [-0.05, 0) is 44.0 Å². The number of carbonyl (C=O) groups excluding carboxylic acids is 1. The highest BCUT2D eigenvalue weighted by molar-refractivity contribution is 7.79. The molecule has 8 heteroatoms. The fourth-order valence-electron chi connectivity index (χ4n) is 3.72. The zero-order valence-electron chi connectivity index (χ0n) is 19.1. The van der Waals surface area contributed by atoms with Gasteiger partial charge in [0.05, 0.1) is 30.3 Å². The summed E-state index contributed by atoms with van der Waals surface area (Å²) < 4.78 is 32.3. The van der Waals surface area contributed by atoms with E-state index in [1.807, 2.05) is 44.3 Å². The van der Waals surface area contributed by atoms with Gasteiger partial charge in [0.15, 0.2) is 11.1 Å². The van der Waals surface area contributed by atoms with Crippen molar-refractivity contribution < 1.29 is 23.0 Å². The Morgan fingerprint density at radius 2 is 1.78 bits per heavy atom. The summed E-state index contributed by atoms with van der Waals surface area (Å²) in [5, 5.41) is 6.77. The molecule has 176 valence electrons. The Labute approximate surface area is 193 Å². The van der Waals surface area contributed by atoms with Crippen molar-refractivity contribution >= 4 is 22.7 Å². The van der Waals surface area contributed by atoms with Gasteiger partial charge in [0, 0.05) is 19.0 Å². The topological polar surface area (TPSA) is 96.9 Å². The van der Waals surface area contributed by atoms with Gasteiger partial charge in [-0.25, -0.2) is 4.21 Å². The molecule has 0 bridgehead atoms. The Morgan fingerprint density at radius 3 is 2.47 bits per heavy atom. The molecular formula is C24H34N2O5S. The van der Waals surface area contributed by atoms with E-state index >= 15 is 0 Å². The molecule has 0 saturated carbocycles. The molecule has 0 amide bonds. The third-order valence-corrected chi connectivity index (χ3v) is 5.97. The van der Waals surface area contributed by atoms with Crippen LogP contribution in [-0.2, 0) is 20.6 Å². The number of para-hydroxylation sites is 1. The number of nitrogens with one attached hydrogen (secondary N) is 2. The van der Waals surface area contributed by atoms with Crippen LogP contribution >= 0.6 is 0 Å². The van der Waals surface area contributed by atoms with E-state index in [0.717, 1.165) is 49.0 Å². The molecular weight excluding hydrogens is 428 g/mol. The number of hydrogen-bond acceptors (Lipinski definition) is 6. The van der Waals surface area contributed by atoms with Crippen LogP contribution in [0, 0.1) is 0 Å². The van der Waals surface area contributed by atoms with Gasteiger partial charge in [0.25, 0.3) is 0 Å². The molecule has 2 unspecified atom stereocenters. The van der Waals surface area contributed by atoms with Crippen molar-refractivity contribution in [2.75, 3.05) is 32.6 Å². The number of methoxy groups -OCH3 is 1. The number of anilines is 1. The molecule has 0 saturated heterocycles. The lowest BCUT2D eigenvalue weighted by atomic mass is 9.96. The molecule has 0 heterocycles. The smallest absolute Gasteiger partial charge is 0.305 e. The van der Waals surface area contributed by atoms with Crippen LogP contribution in [0.25, 0.3) is 0 Å². The van der Waals surface area contributed by atoms with Crippen LogP contribution in [0.1, 0.15) is 56.2 Å². The summed E-state index contributed by atoms with van der Waals surface area (Å²) in [6.45, 7) is 2.95. The van der Waals surface area contributed by atoms with Crippen molar-refractivity contribution in [1.82, 2.24) is 5.32 Å². The Kier molecular flexibility index (Phi) is 11.2. The van der Waals surface area contributed by atoms with E-state index in [2.05, 4.69) is 10.6 Å². The number of hydrogen-bond donors (Lipinski definition) is 3. The summed E-state index contributed by atoms with van der Waals surface area (Å²) in [5.74, 6) is 0.565. The molecule has 0 spiro atoms. The van der Waals surface area contributed by atoms with Crippen molar-refractivity contribution in [1.29, 1.82) is 0 Å². The fourth-order valence-corrected chi connectivity index (χ4v) is 4.30. The van der Waals surface area contributed by atoms with Gasteiger partial charge >= 0.3 is 5.97 Å². The Bertz CT molecular complexity index is 890. The predicted molar refractivity (Wildman–Crippen MR) is 128 cm³/mol. The van der Waals surface area contributed by atoms with Crippen LogP contribution in [0.3, 0.4) is 0 Å². The van der Waals surface area contributed by atoms with Crippen LogP contribution in [0.5, 0.6) is 5.75 Å². The second kappa shape index (κ2) is 13.9. The third-order valence-electron chi connectivity index (χ3n) is 5.22. The number of unbranched alkanes of at least 4 members (excludes halogenated alkanes) is 3. The average molecular weight is 463 g/mol. The zero-order valence-corrected chi connectivity index (χ0v) is 19.9. The van der Waals surface area contributed by atoms with Gasteiger partial charge in [0.1, 0.15) is 5.75 Å². The van der Waals surface area contributed by atoms with Gasteiger partial charge in [-0.15, -0.1) is 0 Å². The van der Waals surface area contributed by atoms with Crippen molar-refractivity contribution in [3.63, 3.8) is 0 Å². The molecule has 2 aromatic rings. The van der Waals surface area contributed by atoms with Gasteiger partial charge < -0.3 is 24.7 Å². The number of esters is 1. The summed E-state index contributed by atoms with van der Waals surface area (Å²) in [7, 11) is 3.45. The summed E-state index contributed by atoms with van der Waals surface area (Å²) in [4.78, 5) is 11.8. The molecule has 0 radical (unpaired) electrons. The monoisotopic (exact) mass is 462 g/mol. The molecule has 32 heavy (non-hydrogen) atoms. The second-order valence-corrected chi connectivity index (χ2v) is 8.26. The molecule has 0 aliphatic heterocycles. The lowest BCUT2D eigenvalue weighted by Gasteiger charge is -2.25. The minimum Gasteiger partial charge on any atom is -0.495 e. The summed E-state index contributed by atoms with van der Waals surface area (Å²) in [5.41, 5.74) is 2.52. The molecule has 0 aliphatic rings. The van der Waals surface area contributed by atoms with Crippen LogP contribution in [-0.4, -0.2) is 42.0 Å². The summed E-state index contributed by atoms with van der Waals surface area (Å²) in [6.07, 6.45) is 4.11. The van der Waals surface area contributed by atoms with Crippen molar-refractivity contribution in [2.45, 2.75) is 50.0 Å². The Morgan fingerprint density at radius 1 is 1.06 bits per heavy atom. The van der Waals surface area contributed by atoms with E-state index in [-0.39, 0.29) is 12.0 Å². The van der Waals surface area contributed by atoms with E-state index in [0.29, 0.717) is 23.7 Å². The number of carbonyl (C=O) groups is 1. The van der Waals surface area contributed by atoms with Crippen LogP contribution < -0.4 is 15.4 Å². The molecule has 2 aromatic carbocycles. The normalized spacial score (nSPS) is 12.8. The maximum atomic E-state index is 12.0. The number of rotatable bonds is 14. The lowest BCUT2D eigenvalue weighted by molar-refractivity contribution is -0.143. The van der Waals surface area contributed by atoms with Crippen LogP contribution in [0.15, 0.2) is 47.4 Å². The fraction of sp³-hybridized carbons (Fsp3) is 0.458. The summed E-state index contributed by atoms with van der Waals surface area (Å²) in [6, 6.07) is 12.7. The van der Waals surface area contributed by atoms with Crippen molar-refractivity contribution in [3.8, 4) is 5.75 Å². The SMILES string of the molecule is CCOC(=O)CCCCCCNC(c1ccccc1S(=O)O)c1cccc(OC)c1NC. The highest BCUT2D eigenvalue weighted by atomic mass is 32.2. The second-order valence-electron chi connectivity index (χ2n) is 7.32. The molecule has 0 fully saturated rings. The van der Waals surface area contributed by atoms with Crippen molar-refractivity contribution in [3.05, 3.63) is 53.6 Å². The first kappa shape index (κ1) is 25.8. The Balaban J connectivity index is 2.14. The number of ether oxygens (including phenoxy) is 2. The largest absolute Gasteiger partial charge is 0.495 e. The summed E-state index contributed by atoms with van der Waals surface area (Å²) >= 11 is -2.10. The molecule has 3 N–H and O–H groups in total. The first-order valence-electron chi connectivity index (χ1n) is 11.0. The zero-order chi connectivity index (χ0) is 23.3. The minimum absolute atomic E-state index is 0.142. The average Bonchev–Trinajstić information content (AvgIpc) is 2.80. The third kappa shape index (κ3) is 7.32. The highest BCUT2D eigenvalue weighted by Gasteiger charge is 2.23. The molecule has 0 aliphatic carbocycles. The maximum Gasteiger partial charge on any atom is 0.305 e. The first-order chi connectivity index (χ1) is 15.5. The maximum absolute atomic E-state index is 12.0. The van der Waals surface area contributed by atoms with Gasteiger partial charge in [-0.1, -0.05) is 43.2 Å². The molecule has 2 atom stereocenters. The quantitative estimate of drug-likeness (QED) is 0.216. The van der Waals surface area contributed by atoms with E-state index in [1.54, 1.807) is 19.2 Å². The highest BCUT2D eigenvalue weighted by Crippen LogP contribution is 2.36. The van der Waals surface area contributed by atoms with E-state index in [4.69, 9.17) is 9.47 Å². The van der Waals surface area contributed by atoms with E-state index in [1.165, 1.54) is 0 Å². The van der Waals surface area contributed by atoms with E-state index in [9.17, 15) is 13.6 Å². The van der Waals surface area contributed by atoms with E-state index < -0.39 is 11.1 Å². The predicted octanol–water partition coefficient (Wildman–Crippen LogP) is 4.51. The lowest BCUT2D eigenvalue weighted by Crippen LogP contribution is -2.25. The van der Waals surface area contributed by atoms with Gasteiger partial charge in [0.2, 0.25) is 0 Å². The minimum atomic E-state index is -2.10. The first-order valence-corrected chi connectivity index (χ1v) is 12.1. The molecule has 0 aromatic heterocycles.